The zero-order chi connectivity index (χ0) is 9.78. The topological polar surface area (TPSA) is 16.6 Å². The molecule has 0 aliphatic carbocycles. The number of unbranched alkanes of at least 4 members (excludes halogenated alkanes) is 6. The van der Waals surface area contributed by atoms with Crippen LogP contribution in [0.1, 0.15) is 51.9 Å². The molecular weight excluding hydrogens is 178 g/mol. The summed E-state index contributed by atoms with van der Waals surface area (Å²) in [6.45, 7) is 4.75. The van der Waals surface area contributed by atoms with Crippen LogP contribution in [-0.2, 0) is 0 Å². The van der Waals surface area contributed by atoms with Crippen molar-refractivity contribution >= 4 is 12.6 Å². The molecule has 0 aromatic rings. The number of quaternary nitrogens is 1. The van der Waals surface area contributed by atoms with Crippen LogP contribution in [0.2, 0.25) is 0 Å². The van der Waals surface area contributed by atoms with Crippen molar-refractivity contribution in [2.45, 2.75) is 51.9 Å². The van der Waals surface area contributed by atoms with Gasteiger partial charge in [0.1, 0.15) is 0 Å². The summed E-state index contributed by atoms with van der Waals surface area (Å²) >= 11 is 4.17. The molecule has 0 aliphatic heterocycles. The van der Waals surface area contributed by atoms with Crippen LogP contribution in [0.3, 0.4) is 0 Å². The lowest BCUT2D eigenvalue weighted by atomic mass is 10.1. The largest absolute Gasteiger partial charge is 0.346 e. The molecule has 0 aliphatic rings. The molecule has 0 fully saturated rings. The van der Waals surface area contributed by atoms with Gasteiger partial charge in [0.15, 0.2) is 0 Å². The van der Waals surface area contributed by atoms with Gasteiger partial charge in [-0.25, -0.2) is 0 Å². The predicted molar refractivity (Wildman–Crippen MR) is 63.5 cm³/mol. The van der Waals surface area contributed by atoms with E-state index in [0.717, 1.165) is 5.75 Å². The van der Waals surface area contributed by atoms with Gasteiger partial charge in [0.05, 0.1) is 13.1 Å². The van der Waals surface area contributed by atoms with Crippen molar-refractivity contribution in [1.82, 2.24) is 0 Å². The first-order chi connectivity index (χ1) is 6.41. The molecule has 0 unspecified atom stereocenters. The molecule has 0 aromatic heterocycles. The monoisotopic (exact) mass is 204 g/mol. The third kappa shape index (κ3) is 12.3. The second kappa shape index (κ2) is 12.3. The maximum absolute atomic E-state index is 4.17. The average molecular weight is 204 g/mol. The Hall–Kier alpha value is 0.310. The Bertz CT molecular complexity index is 76.2. The second-order valence-electron chi connectivity index (χ2n) is 3.71. The van der Waals surface area contributed by atoms with Gasteiger partial charge in [-0.3, -0.25) is 0 Å². The molecule has 0 heterocycles. The van der Waals surface area contributed by atoms with Gasteiger partial charge in [-0.15, -0.1) is 0 Å². The normalized spacial score (nSPS) is 10.6. The fraction of sp³-hybridized carbons (Fsp3) is 1.00. The summed E-state index contributed by atoms with van der Waals surface area (Å²) in [5, 5.41) is 2.37. The number of rotatable bonds is 10. The molecule has 0 spiro atoms. The van der Waals surface area contributed by atoms with E-state index in [0.29, 0.717) is 0 Å². The fourth-order valence-corrected chi connectivity index (χ4v) is 1.66. The minimum Gasteiger partial charge on any atom is -0.346 e. The van der Waals surface area contributed by atoms with Crippen LogP contribution in [-0.4, -0.2) is 18.8 Å². The van der Waals surface area contributed by atoms with Crippen molar-refractivity contribution in [2.75, 3.05) is 18.8 Å². The SMILES string of the molecule is CCCCCCCCC[NH2+]CCS. The van der Waals surface area contributed by atoms with Crippen LogP contribution in [0.4, 0.5) is 0 Å². The quantitative estimate of drug-likeness (QED) is 0.401. The number of hydrogen-bond acceptors (Lipinski definition) is 1. The summed E-state index contributed by atoms with van der Waals surface area (Å²) in [7, 11) is 0. The van der Waals surface area contributed by atoms with E-state index in [-0.39, 0.29) is 0 Å². The third-order valence-electron chi connectivity index (χ3n) is 2.35. The molecular formula is C11H26NS+. The first-order valence-corrected chi connectivity index (χ1v) is 6.47. The molecule has 0 rings (SSSR count). The van der Waals surface area contributed by atoms with Crippen LogP contribution < -0.4 is 5.32 Å². The Balaban J connectivity index is 2.76. The zero-order valence-electron chi connectivity index (χ0n) is 9.10. The Morgan fingerprint density at radius 2 is 1.46 bits per heavy atom. The Kier molecular flexibility index (Phi) is 12.6. The highest BCUT2D eigenvalue weighted by Crippen LogP contribution is 2.05. The van der Waals surface area contributed by atoms with Crippen molar-refractivity contribution in [3.05, 3.63) is 0 Å². The minimum atomic E-state index is 1.01. The summed E-state index contributed by atoms with van der Waals surface area (Å²) in [5.74, 6) is 1.01. The van der Waals surface area contributed by atoms with E-state index in [1.807, 2.05) is 0 Å². The lowest BCUT2D eigenvalue weighted by Crippen LogP contribution is -2.84. The molecule has 13 heavy (non-hydrogen) atoms. The van der Waals surface area contributed by atoms with Crippen molar-refractivity contribution < 1.29 is 5.32 Å². The summed E-state index contributed by atoms with van der Waals surface area (Å²) in [6, 6.07) is 0. The summed E-state index contributed by atoms with van der Waals surface area (Å²) in [4.78, 5) is 0. The highest BCUT2D eigenvalue weighted by molar-refractivity contribution is 7.80. The molecule has 80 valence electrons. The molecule has 0 atom stereocenters. The second-order valence-corrected chi connectivity index (χ2v) is 4.16. The van der Waals surface area contributed by atoms with Gasteiger partial charge in [0.25, 0.3) is 0 Å². The van der Waals surface area contributed by atoms with E-state index in [9.17, 15) is 0 Å². The Morgan fingerprint density at radius 1 is 0.846 bits per heavy atom. The van der Waals surface area contributed by atoms with Crippen molar-refractivity contribution in [2.24, 2.45) is 0 Å². The minimum absolute atomic E-state index is 1.01. The molecule has 0 radical (unpaired) electrons. The standard InChI is InChI=1S/C11H25NS/c1-2-3-4-5-6-7-8-9-12-10-11-13/h12-13H,2-11H2,1H3/p+1. The van der Waals surface area contributed by atoms with Gasteiger partial charge in [-0.1, -0.05) is 39.0 Å². The Morgan fingerprint density at radius 3 is 2.08 bits per heavy atom. The van der Waals surface area contributed by atoms with E-state index >= 15 is 0 Å². The summed E-state index contributed by atoms with van der Waals surface area (Å²) in [6.07, 6.45) is 9.92. The van der Waals surface area contributed by atoms with Crippen molar-refractivity contribution in [3.63, 3.8) is 0 Å². The molecule has 0 saturated carbocycles. The van der Waals surface area contributed by atoms with E-state index in [4.69, 9.17) is 0 Å². The van der Waals surface area contributed by atoms with E-state index in [1.165, 1.54) is 58.0 Å². The van der Waals surface area contributed by atoms with Crippen molar-refractivity contribution in [3.8, 4) is 0 Å². The number of hydrogen-bond donors (Lipinski definition) is 2. The molecule has 2 heteroatoms. The molecule has 2 N–H and O–H groups in total. The first kappa shape index (κ1) is 13.3. The van der Waals surface area contributed by atoms with Crippen LogP contribution in [0.25, 0.3) is 0 Å². The fourth-order valence-electron chi connectivity index (χ4n) is 1.48. The van der Waals surface area contributed by atoms with Gasteiger partial charge in [-0.05, 0) is 12.8 Å². The third-order valence-corrected chi connectivity index (χ3v) is 2.60. The van der Waals surface area contributed by atoms with E-state index < -0.39 is 0 Å². The summed E-state index contributed by atoms with van der Waals surface area (Å²) in [5.41, 5.74) is 0. The van der Waals surface area contributed by atoms with E-state index in [2.05, 4.69) is 24.9 Å². The number of nitrogens with two attached hydrogens (primary N) is 1. The highest BCUT2D eigenvalue weighted by Gasteiger charge is 1.91. The predicted octanol–water partition coefficient (Wildman–Crippen LogP) is 2.23. The molecule has 0 saturated heterocycles. The van der Waals surface area contributed by atoms with Gasteiger partial charge >= 0.3 is 0 Å². The highest BCUT2D eigenvalue weighted by atomic mass is 32.1. The Labute approximate surface area is 89.1 Å². The molecule has 0 aromatic carbocycles. The van der Waals surface area contributed by atoms with Crippen LogP contribution in [0.15, 0.2) is 0 Å². The number of thiol groups is 1. The van der Waals surface area contributed by atoms with Gasteiger partial charge in [0.2, 0.25) is 0 Å². The lowest BCUT2D eigenvalue weighted by molar-refractivity contribution is -0.651. The van der Waals surface area contributed by atoms with Gasteiger partial charge in [-0.2, -0.15) is 12.6 Å². The first-order valence-electron chi connectivity index (χ1n) is 5.84. The zero-order valence-corrected chi connectivity index (χ0v) is 9.99. The summed E-state index contributed by atoms with van der Waals surface area (Å²) < 4.78 is 0. The maximum atomic E-state index is 4.17. The van der Waals surface area contributed by atoms with E-state index in [1.54, 1.807) is 0 Å². The maximum Gasteiger partial charge on any atom is 0.0844 e. The van der Waals surface area contributed by atoms with Crippen molar-refractivity contribution in [1.29, 1.82) is 0 Å². The molecule has 1 nitrogen and oxygen atoms in total. The molecule has 0 amide bonds. The lowest BCUT2D eigenvalue weighted by Gasteiger charge is -2.00. The van der Waals surface area contributed by atoms with Gasteiger partial charge < -0.3 is 5.32 Å². The van der Waals surface area contributed by atoms with Crippen LogP contribution in [0.5, 0.6) is 0 Å². The van der Waals surface area contributed by atoms with Crippen LogP contribution in [0, 0.1) is 0 Å². The van der Waals surface area contributed by atoms with Gasteiger partial charge in [0, 0.05) is 5.75 Å². The molecule has 0 bridgehead atoms. The average Bonchev–Trinajstić information content (AvgIpc) is 2.16. The smallest absolute Gasteiger partial charge is 0.0844 e. The van der Waals surface area contributed by atoms with Crippen LogP contribution >= 0.6 is 12.6 Å².